The lowest BCUT2D eigenvalue weighted by atomic mass is 10.1. The number of rotatable bonds is 0. The molecule has 0 fully saturated rings. The molecule has 5 heteroatoms. The van der Waals surface area contributed by atoms with Crippen LogP contribution in [0.2, 0.25) is 0 Å². The molecule has 0 radical (unpaired) electrons. The number of anilines is 1. The maximum absolute atomic E-state index is 11.7. The van der Waals surface area contributed by atoms with Crippen LogP contribution >= 0.6 is 0 Å². The number of fused-ring (bicyclic) bond motifs is 1. The van der Waals surface area contributed by atoms with Crippen LogP contribution in [0.5, 0.6) is 5.75 Å². The molecule has 0 aliphatic carbocycles. The van der Waals surface area contributed by atoms with Crippen molar-refractivity contribution < 1.29 is 14.6 Å². The molecule has 1 aromatic rings. The Kier molecular flexibility index (Phi) is 3.45. The summed E-state index contributed by atoms with van der Waals surface area (Å²) in [5.74, 6) is 6.52. The predicted molar refractivity (Wildman–Crippen MR) is 70.9 cm³/mol. The smallest absolute Gasteiger partial charge is 0.231 e. The van der Waals surface area contributed by atoms with Crippen LogP contribution in [0.25, 0.3) is 0 Å². The molecule has 0 saturated carbocycles. The largest absolute Gasteiger partial charge is 0.488 e. The normalized spacial score (nSPS) is 14.9. The minimum atomic E-state index is -1.08. The first-order chi connectivity index (χ1) is 8.88. The molecule has 1 aromatic heterocycles. The van der Waals surface area contributed by atoms with Gasteiger partial charge < -0.3 is 9.84 Å². The fraction of sp³-hybridized carbons (Fsp3) is 0.429. The summed E-state index contributed by atoms with van der Waals surface area (Å²) in [5, 5.41) is 9.64. The highest BCUT2D eigenvalue weighted by molar-refractivity contribution is 5.94. The van der Waals surface area contributed by atoms with Crippen LogP contribution < -0.4 is 9.64 Å². The molecule has 100 valence electrons. The Morgan fingerprint density at radius 3 is 2.95 bits per heavy atom. The van der Waals surface area contributed by atoms with Gasteiger partial charge >= 0.3 is 0 Å². The molecule has 1 N–H and O–H groups in total. The van der Waals surface area contributed by atoms with Gasteiger partial charge in [0, 0.05) is 13.2 Å². The van der Waals surface area contributed by atoms with E-state index in [9.17, 15) is 9.90 Å². The summed E-state index contributed by atoms with van der Waals surface area (Å²) in [6.45, 7) is 3.52. The van der Waals surface area contributed by atoms with Crippen LogP contribution in [0, 0.1) is 11.8 Å². The van der Waals surface area contributed by atoms with Crippen molar-refractivity contribution in [1.82, 2.24) is 4.98 Å². The molecule has 2 heterocycles. The summed E-state index contributed by atoms with van der Waals surface area (Å²) in [5.41, 5.74) is -0.462. The maximum atomic E-state index is 11.7. The number of carbonyl (C=O) groups excluding carboxylic acids is 1. The van der Waals surface area contributed by atoms with Crippen molar-refractivity contribution in [3.63, 3.8) is 0 Å². The topological polar surface area (TPSA) is 62.7 Å². The third kappa shape index (κ3) is 3.04. The number of hydrogen-bond acceptors (Lipinski definition) is 4. The van der Waals surface area contributed by atoms with Crippen LogP contribution in [-0.4, -0.2) is 35.3 Å². The molecule has 0 saturated heterocycles. The Hall–Kier alpha value is -2.06. The zero-order chi connectivity index (χ0) is 14.0. The van der Waals surface area contributed by atoms with Gasteiger partial charge in [0.15, 0.2) is 11.6 Å². The van der Waals surface area contributed by atoms with Crippen LogP contribution in [0.15, 0.2) is 12.3 Å². The van der Waals surface area contributed by atoms with Gasteiger partial charge in [0.25, 0.3) is 0 Å². The molecule has 1 aliphatic rings. The van der Waals surface area contributed by atoms with Gasteiger partial charge in [0.05, 0.1) is 18.6 Å². The van der Waals surface area contributed by atoms with Gasteiger partial charge in [-0.2, -0.15) is 0 Å². The van der Waals surface area contributed by atoms with Crippen molar-refractivity contribution in [2.24, 2.45) is 0 Å². The molecule has 0 unspecified atom stereocenters. The van der Waals surface area contributed by atoms with Crippen molar-refractivity contribution in [1.29, 1.82) is 0 Å². The van der Waals surface area contributed by atoms with Gasteiger partial charge in [-0.25, -0.2) is 4.98 Å². The van der Waals surface area contributed by atoms with E-state index in [2.05, 4.69) is 16.8 Å². The fourth-order valence-corrected chi connectivity index (χ4v) is 1.66. The third-order valence-electron chi connectivity index (χ3n) is 2.64. The van der Waals surface area contributed by atoms with Gasteiger partial charge in [-0.1, -0.05) is 11.8 Å². The molecule has 0 aromatic carbocycles. The Bertz CT molecular complexity index is 564. The zero-order valence-corrected chi connectivity index (χ0v) is 11.2. The van der Waals surface area contributed by atoms with Crippen molar-refractivity contribution in [2.75, 3.05) is 18.6 Å². The highest BCUT2D eigenvalue weighted by Gasteiger charge is 2.23. The van der Waals surface area contributed by atoms with Crippen LogP contribution in [0.3, 0.4) is 0 Å². The van der Waals surface area contributed by atoms with E-state index in [1.54, 1.807) is 33.2 Å². The second kappa shape index (κ2) is 4.90. The molecule has 5 nitrogen and oxygen atoms in total. The minimum Gasteiger partial charge on any atom is -0.488 e. The molecule has 1 aliphatic heterocycles. The van der Waals surface area contributed by atoms with Gasteiger partial charge in [0.1, 0.15) is 5.60 Å². The van der Waals surface area contributed by atoms with Gasteiger partial charge in [-0.15, -0.1) is 0 Å². The highest BCUT2D eigenvalue weighted by atomic mass is 16.5. The van der Waals surface area contributed by atoms with Crippen LogP contribution in [0.4, 0.5) is 5.82 Å². The molecule has 0 spiro atoms. The Morgan fingerprint density at radius 2 is 2.26 bits per heavy atom. The number of hydrogen-bond donors (Lipinski definition) is 1. The molecule has 1 amide bonds. The first-order valence-corrected chi connectivity index (χ1v) is 6.02. The first-order valence-electron chi connectivity index (χ1n) is 6.02. The fourth-order valence-electron chi connectivity index (χ4n) is 1.66. The van der Waals surface area contributed by atoms with E-state index in [1.165, 1.54) is 4.90 Å². The van der Waals surface area contributed by atoms with Crippen LogP contribution in [-0.2, 0) is 4.79 Å². The first kappa shape index (κ1) is 13.4. The summed E-state index contributed by atoms with van der Waals surface area (Å²) in [6, 6.07) is 1.71. The molecular weight excluding hydrogens is 244 g/mol. The number of ether oxygens (including phenoxy) is 1. The van der Waals surface area contributed by atoms with Crippen molar-refractivity contribution in [2.45, 2.75) is 25.9 Å². The van der Waals surface area contributed by atoms with Crippen molar-refractivity contribution in [3.8, 4) is 17.6 Å². The lowest BCUT2D eigenvalue weighted by Crippen LogP contribution is -2.25. The van der Waals surface area contributed by atoms with E-state index in [-0.39, 0.29) is 5.91 Å². The zero-order valence-electron chi connectivity index (χ0n) is 11.2. The summed E-state index contributed by atoms with van der Waals surface area (Å²) in [7, 11) is 1.66. The quantitative estimate of drug-likeness (QED) is 0.705. The summed E-state index contributed by atoms with van der Waals surface area (Å²) in [4.78, 5) is 17.4. The number of nitrogens with zero attached hydrogens (tertiary/aromatic N) is 2. The molecule has 19 heavy (non-hydrogen) atoms. The number of carbonyl (C=O) groups is 1. The van der Waals surface area contributed by atoms with E-state index in [0.717, 1.165) is 0 Å². The molecular formula is C14H16N2O3. The predicted octanol–water partition coefficient (Wildman–Crippen LogP) is 0.949. The van der Waals surface area contributed by atoms with Gasteiger partial charge in [-0.3, -0.25) is 9.69 Å². The standard InChI is InChI=1S/C14H16N2O3/c1-14(2,18)7-4-10-5-8-15-13-12(10)19-9-6-11(17)16(13)3/h5,8,18H,6,9H2,1-3H3. The SMILES string of the molecule is CN1C(=O)CCOc2c(C#CC(C)(C)O)ccnc21. The molecule has 0 bridgehead atoms. The van der Waals surface area contributed by atoms with Crippen molar-refractivity contribution in [3.05, 3.63) is 17.8 Å². The lowest BCUT2D eigenvalue weighted by Gasteiger charge is -2.15. The van der Waals surface area contributed by atoms with Crippen LogP contribution in [0.1, 0.15) is 25.8 Å². The third-order valence-corrected chi connectivity index (χ3v) is 2.64. The average molecular weight is 260 g/mol. The highest BCUT2D eigenvalue weighted by Crippen LogP contribution is 2.31. The van der Waals surface area contributed by atoms with Gasteiger partial charge in [0.2, 0.25) is 5.91 Å². The Balaban J connectivity index is 2.48. The van der Waals surface area contributed by atoms with E-state index >= 15 is 0 Å². The van der Waals surface area contributed by atoms with E-state index in [4.69, 9.17) is 4.74 Å². The maximum Gasteiger partial charge on any atom is 0.231 e. The number of pyridine rings is 1. The molecule has 2 rings (SSSR count). The van der Waals surface area contributed by atoms with E-state index < -0.39 is 5.60 Å². The Morgan fingerprint density at radius 1 is 1.53 bits per heavy atom. The number of amides is 1. The van der Waals surface area contributed by atoms with E-state index in [1.807, 2.05) is 0 Å². The number of aliphatic hydroxyl groups is 1. The Labute approximate surface area is 112 Å². The summed E-state index contributed by atoms with van der Waals surface area (Å²) >= 11 is 0. The van der Waals surface area contributed by atoms with E-state index in [0.29, 0.717) is 30.2 Å². The number of aromatic nitrogens is 1. The minimum absolute atomic E-state index is 0.0427. The lowest BCUT2D eigenvalue weighted by molar-refractivity contribution is -0.118. The second-order valence-corrected chi connectivity index (χ2v) is 4.87. The molecule has 0 atom stereocenters. The average Bonchev–Trinajstić information content (AvgIpc) is 2.48. The van der Waals surface area contributed by atoms with Gasteiger partial charge in [-0.05, 0) is 19.9 Å². The summed E-state index contributed by atoms with van der Waals surface area (Å²) in [6.07, 6.45) is 1.89. The van der Waals surface area contributed by atoms with Crippen molar-refractivity contribution >= 4 is 11.7 Å². The monoisotopic (exact) mass is 260 g/mol. The summed E-state index contributed by atoms with van der Waals surface area (Å²) < 4.78 is 5.58. The second-order valence-electron chi connectivity index (χ2n) is 4.87.